The Morgan fingerprint density at radius 3 is 2.76 bits per heavy atom. The Balaban J connectivity index is 1.86. The third kappa shape index (κ3) is 1.54. The van der Waals surface area contributed by atoms with Crippen molar-refractivity contribution in [2.45, 2.75) is 64.9 Å². The van der Waals surface area contributed by atoms with Gasteiger partial charge < -0.3 is 9.84 Å². The third-order valence-electron chi connectivity index (χ3n) is 6.58. The first-order chi connectivity index (χ1) is 9.88. The number of hydrogen-bond donors (Lipinski definition) is 1. The number of aromatic hydroxyl groups is 1. The summed E-state index contributed by atoms with van der Waals surface area (Å²) < 4.78 is 6.45. The van der Waals surface area contributed by atoms with Crippen LogP contribution in [-0.2, 0) is 6.42 Å². The highest BCUT2D eigenvalue weighted by Gasteiger charge is 2.69. The number of rotatable bonds is 2. The van der Waals surface area contributed by atoms with Crippen LogP contribution in [0.1, 0.15) is 64.0 Å². The van der Waals surface area contributed by atoms with Crippen molar-refractivity contribution in [1.82, 2.24) is 0 Å². The fourth-order valence-electron chi connectivity index (χ4n) is 5.63. The molecular formula is C19H26O2. The molecule has 0 aromatic heterocycles. The van der Waals surface area contributed by atoms with E-state index in [1.165, 1.54) is 12.0 Å². The van der Waals surface area contributed by atoms with Gasteiger partial charge in [-0.25, -0.2) is 0 Å². The number of ether oxygens (including phenoxy) is 1. The van der Waals surface area contributed by atoms with Crippen LogP contribution in [0.3, 0.4) is 0 Å². The van der Waals surface area contributed by atoms with Crippen molar-refractivity contribution < 1.29 is 9.84 Å². The van der Waals surface area contributed by atoms with Crippen LogP contribution in [0.2, 0.25) is 0 Å². The molecule has 1 N–H and O–H groups in total. The lowest BCUT2D eigenvalue weighted by Crippen LogP contribution is -2.59. The van der Waals surface area contributed by atoms with Gasteiger partial charge in [0.1, 0.15) is 17.1 Å². The van der Waals surface area contributed by atoms with Crippen LogP contribution in [0.15, 0.2) is 12.1 Å². The van der Waals surface area contributed by atoms with Gasteiger partial charge in [0.05, 0.1) is 0 Å². The largest absolute Gasteiger partial charge is 0.508 e. The van der Waals surface area contributed by atoms with Crippen molar-refractivity contribution in [1.29, 1.82) is 0 Å². The molecule has 2 aliphatic carbocycles. The Labute approximate surface area is 127 Å². The van der Waals surface area contributed by atoms with E-state index in [9.17, 15) is 5.11 Å². The van der Waals surface area contributed by atoms with Gasteiger partial charge >= 0.3 is 0 Å². The van der Waals surface area contributed by atoms with Crippen LogP contribution < -0.4 is 4.74 Å². The molecule has 1 aliphatic heterocycles. The van der Waals surface area contributed by atoms with Crippen LogP contribution in [0.5, 0.6) is 11.5 Å². The second-order valence-electron chi connectivity index (χ2n) is 8.16. The molecule has 1 aromatic carbocycles. The summed E-state index contributed by atoms with van der Waals surface area (Å²) in [6.45, 7) is 9.20. The highest BCUT2D eigenvalue weighted by molar-refractivity contribution is 5.55. The summed E-state index contributed by atoms with van der Waals surface area (Å²) in [6, 6.07) is 4.15. The summed E-state index contributed by atoms with van der Waals surface area (Å²) in [6.07, 6.45) is 4.51. The Hall–Kier alpha value is -1.18. The fourth-order valence-corrected chi connectivity index (χ4v) is 5.63. The van der Waals surface area contributed by atoms with Gasteiger partial charge in [-0.15, -0.1) is 0 Å². The van der Waals surface area contributed by atoms with Crippen molar-refractivity contribution >= 4 is 0 Å². The second-order valence-corrected chi connectivity index (χ2v) is 8.16. The Morgan fingerprint density at radius 2 is 2.05 bits per heavy atom. The molecule has 0 radical (unpaired) electrons. The van der Waals surface area contributed by atoms with Gasteiger partial charge in [0.2, 0.25) is 0 Å². The summed E-state index contributed by atoms with van der Waals surface area (Å²) in [5.74, 6) is 3.20. The molecule has 0 amide bonds. The van der Waals surface area contributed by atoms with Crippen molar-refractivity contribution in [3.63, 3.8) is 0 Å². The van der Waals surface area contributed by atoms with E-state index in [0.29, 0.717) is 17.6 Å². The van der Waals surface area contributed by atoms with Crippen molar-refractivity contribution in [2.75, 3.05) is 0 Å². The zero-order valence-electron chi connectivity index (χ0n) is 13.6. The van der Waals surface area contributed by atoms with Crippen LogP contribution in [-0.4, -0.2) is 10.7 Å². The molecule has 114 valence electrons. The maximum atomic E-state index is 10.6. The summed E-state index contributed by atoms with van der Waals surface area (Å²) in [5.41, 5.74) is 2.54. The van der Waals surface area contributed by atoms with E-state index in [1.807, 2.05) is 6.07 Å². The quantitative estimate of drug-likeness (QED) is 0.857. The first-order valence-electron chi connectivity index (χ1n) is 8.43. The average molecular weight is 286 g/mol. The van der Waals surface area contributed by atoms with E-state index < -0.39 is 0 Å². The number of hydrogen-bond acceptors (Lipinski definition) is 2. The molecule has 21 heavy (non-hydrogen) atoms. The predicted octanol–water partition coefficient (Wildman–Crippen LogP) is 4.65. The smallest absolute Gasteiger partial charge is 0.127 e. The van der Waals surface area contributed by atoms with Crippen LogP contribution in [0, 0.1) is 17.3 Å². The highest BCUT2D eigenvalue weighted by Crippen LogP contribution is 2.74. The van der Waals surface area contributed by atoms with Gasteiger partial charge in [-0.3, -0.25) is 0 Å². The highest BCUT2D eigenvalue weighted by atomic mass is 16.5. The molecule has 0 bridgehead atoms. The summed E-state index contributed by atoms with van der Waals surface area (Å²) >= 11 is 0. The van der Waals surface area contributed by atoms with Crippen molar-refractivity contribution in [3.05, 3.63) is 23.3 Å². The molecule has 2 fully saturated rings. The minimum absolute atomic E-state index is 0.0187. The van der Waals surface area contributed by atoms with E-state index in [1.54, 1.807) is 0 Å². The molecule has 1 unspecified atom stereocenters. The lowest BCUT2D eigenvalue weighted by molar-refractivity contribution is -0.121. The number of phenols is 1. The lowest BCUT2D eigenvalue weighted by atomic mass is 9.45. The average Bonchev–Trinajstić information content (AvgIpc) is 2.72. The van der Waals surface area contributed by atoms with Crippen LogP contribution in [0.25, 0.3) is 0 Å². The zero-order valence-corrected chi connectivity index (χ0v) is 13.6. The van der Waals surface area contributed by atoms with Gasteiger partial charge in [-0.1, -0.05) is 27.2 Å². The third-order valence-corrected chi connectivity index (χ3v) is 6.58. The first-order valence-corrected chi connectivity index (χ1v) is 8.43. The van der Waals surface area contributed by atoms with Gasteiger partial charge in [-0.05, 0) is 55.2 Å². The topological polar surface area (TPSA) is 29.5 Å². The second kappa shape index (κ2) is 3.97. The molecule has 3 aliphatic rings. The molecule has 4 rings (SSSR count). The minimum Gasteiger partial charge on any atom is -0.508 e. The van der Waals surface area contributed by atoms with Crippen molar-refractivity contribution in [3.8, 4) is 11.5 Å². The van der Waals surface area contributed by atoms with Gasteiger partial charge in [0, 0.05) is 17.4 Å². The SMILES string of the molecule is CCCc1cc(O)c2c(c1)O[C@]1(C)CC[C@H]3[C@@H]1C2C3(C)C. The Bertz CT molecular complexity index is 604. The number of aryl methyl sites for hydroxylation is 1. The lowest BCUT2D eigenvalue weighted by Gasteiger charge is -2.62. The van der Waals surface area contributed by atoms with E-state index in [4.69, 9.17) is 4.74 Å². The summed E-state index contributed by atoms with van der Waals surface area (Å²) in [4.78, 5) is 0. The van der Waals surface area contributed by atoms with Crippen LogP contribution in [0.4, 0.5) is 0 Å². The minimum atomic E-state index is -0.0187. The van der Waals surface area contributed by atoms with Gasteiger partial charge in [-0.2, -0.15) is 0 Å². The normalized spacial score (nSPS) is 38.2. The monoisotopic (exact) mass is 286 g/mol. The maximum Gasteiger partial charge on any atom is 0.127 e. The molecule has 2 nitrogen and oxygen atoms in total. The molecule has 0 saturated heterocycles. The number of benzene rings is 1. The molecule has 2 saturated carbocycles. The first kappa shape index (κ1) is 13.5. The Morgan fingerprint density at radius 1 is 1.29 bits per heavy atom. The molecule has 0 spiro atoms. The van der Waals surface area contributed by atoms with Crippen molar-refractivity contribution in [2.24, 2.45) is 17.3 Å². The van der Waals surface area contributed by atoms with E-state index in [-0.39, 0.29) is 11.0 Å². The van der Waals surface area contributed by atoms with E-state index >= 15 is 0 Å². The Kier molecular flexibility index (Phi) is 2.55. The molecule has 1 heterocycles. The van der Waals surface area contributed by atoms with Gasteiger partial charge in [0.25, 0.3) is 0 Å². The summed E-state index contributed by atoms with van der Waals surface area (Å²) in [5, 5.41) is 10.6. The molecule has 4 atom stereocenters. The fraction of sp³-hybridized carbons (Fsp3) is 0.684. The van der Waals surface area contributed by atoms with Gasteiger partial charge in [0.15, 0.2) is 0 Å². The summed E-state index contributed by atoms with van der Waals surface area (Å²) in [7, 11) is 0. The van der Waals surface area contributed by atoms with E-state index in [2.05, 4.69) is 33.8 Å². The molecular weight excluding hydrogens is 260 g/mol. The maximum absolute atomic E-state index is 10.6. The molecule has 1 aromatic rings. The standard InChI is InChI=1S/C19H26O2/c1-5-6-11-9-13(20)15-14(10-11)21-19(4)8-7-12-16(19)17(15)18(12,2)3/h9-10,12,16-17,20H,5-8H2,1-4H3/t12-,16+,17?,19+/m0/s1. The van der Waals surface area contributed by atoms with E-state index in [0.717, 1.165) is 36.5 Å². The number of phenolic OH excluding ortho intramolecular Hbond substituents is 1. The predicted molar refractivity (Wildman–Crippen MR) is 83.9 cm³/mol. The molecule has 2 heteroatoms. The zero-order chi connectivity index (χ0) is 15.0. The van der Waals surface area contributed by atoms with Crippen LogP contribution >= 0.6 is 0 Å². The number of fused-ring (bicyclic) bond motifs is 2.